The number of imidazole rings is 1. The van der Waals surface area contributed by atoms with Crippen LogP contribution in [0, 0.1) is 5.92 Å². The van der Waals surface area contributed by atoms with Gasteiger partial charge in [0, 0.05) is 38.8 Å². The van der Waals surface area contributed by atoms with Crippen molar-refractivity contribution in [1.82, 2.24) is 18.8 Å². The van der Waals surface area contributed by atoms with Crippen molar-refractivity contribution in [2.45, 2.75) is 30.8 Å². The minimum Gasteiger partial charge on any atom is -0.465 e. The summed E-state index contributed by atoms with van der Waals surface area (Å²) < 4.78 is 29.1. The van der Waals surface area contributed by atoms with Gasteiger partial charge in [-0.3, -0.25) is 0 Å². The maximum absolute atomic E-state index is 13.1. The topological polar surface area (TPSA) is 95.7 Å². The number of aromatic nitrogens is 2. The normalized spacial score (nSPS) is 20.6. The van der Waals surface area contributed by atoms with Gasteiger partial charge in [-0.25, -0.2) is 18.2 Å². The lowest BCUT2D eigenvalue weighted by molar-refractivity contribution is 0.115. The van der Waals surface area contributed by atoms with Crippen LogP contribution < -0.4 is 0 Å². The van der Waals surface area contributed by atoms with Gasteiger partial charge < -0.3 is 14.6 Å². The molecule has 3 rings (SSSR count). The lowest BCUT2D eigenvalue weighted by Gasteiger charge is -2.31. The van der Waals surface area contributed by atoms with Crippen molar-refractivity contribution in [3.8, 4) is 0 Å². The lowest BCUT2D eigenvalue weighted by Crippen LogP contribution is -2.45. The molecular formula is C19H26N4O4S. The molecule has 1 aliphatic rings. The molecule has 0 spiro atoms. The Morgan fingerprint density at radius 2 is 1.96 bits per heavy atom. The number of hydrogen-bond acceptors (Lipinski definition) is 4. The first-order valence-electron chi connectivity index (χ1n) is 9.22. The van der Waals surface area contributed by atoms with E-state index < -0.39 is 22.2 Å². The second-order valence-corrected chi connectivity index (χ2v) is 9.50. The molecule has 2 heterocycles. The molecule has 1 fully saturated rings. The van der Waals surface area contributed by atoms with Gasteiger partial charge >= 0.3 is 6.09 Å². The van der Waals surface area contributed by atoms with Gasteiger partial charge in [-0.05, 0) is 11.5 Å². The first-order chi connectivity index (χ1) is 13.2. The van der Waals surface area contributed by atoms with E-state index in [0.29, 0.717) is 6.54 Å². The Morgan fingerprint density at radius 1 is 1.29 bits per heavy atom. The molecule has 1 aromatic heterocycles. The summed E-state index contributed by atoms with van der Waals surface area (Å²) in [5.74, 6) is -0.108. The number of hydrogen-bond donors (Lipinski definition) is 1. The van der Waals surface area contributed by atoms with Crippen LogP contribution in [0.25, 0.3) is 0 Å². The van der Waals surface area contributed by atoms with Crippen LogP contribution in [0.4, 0.5) is 4.79 Å². The number of benzene rings is 1. The van der Waals surface area contributed by atoms with Crippen molar-refractivity contribution in [3.63, 3.8) is 0 Å². The third-order valence-electron chi connectivity index (χ3n) is 4.98. The fraction of sp³-hybridized carbons (Fsp3) is 0.474. The number of aryl methyl sites for hydroxylation is 1. The average Bonchev–Trinajstić information content (AvgIpc) is 3.27. The van der Waals surface area contributed by atoms with E-state index in [1.165, 1.54) is 21.7 Å². The zero-order chi connectivity index (χ0) is 20.5. The molecule has 8 nitrogen and oxygen atoms in total. The molecule has 0 bridgehead atoms. The van der Waals surface area contributed by atoms with Gasteiger partial charge in [0.05, 0.1) is 12.4 Å². The van der Waals surface area contributed by atoms with Crippen molar-refractivity contribution >= 4 is 16.1 Å². The molecule has 0 radical (unpaired) electrons. The molecule has 9 heteroatoms. The lowest BCUT2D eigenvalue weighted by atomic mass is 9.93. The monoisotopic (exact) mass is 406 g/mol. The summed E-state index contributed by atoms with van der Waals surface area (Å²) in [6, 6.07) is 9.04. The molecule has 0 aliphatic carbocycles. The van der Waals surface area contributed by atoms with Crippen molar-refractivity contribution in [3.05, 3.63) is 48.4 Å². The van der Waals surface area contributed by atoms with Gasteiger partial charge in [0.1, 0.15) is 0 Å². The second-order valence-electron chi connectivity index (χ2n) is 7.61. The third-order valence-corrected chi connectivity index (χ3v) is 6.69. The van der Waals surface area contributed by atoms with Gasteiger partial charge in [0.25, 0.3) is 10.0 Å². The van der Waals surface area contributed by atoms with Gasteiger partial charge in [0.15, 0.2) is 5.03 Å². The first kappa shape index (κ1) is 20.3. The smallest absolute Gasteiger partial charge is 0.407 e. The van der Waals surface area contributed by atoms with Crippen LogP contribution >= 0.6 is 0 Å². The highest BCUT2D eigenvalue weighted by atomic mass is 32.2. The molecule has 0 unspecified atom stereocenters. The van der Waals surface area contributed by atoms with Crippen LogP contribution in [0.3, 0.4) is 0 Å². The number of amides is 1. The van der Waals surface area contributed by atoms with Gasteiger partial charge in [0.2, 0.25) is 0 Å². The Balaban J connectivity index is 1.98. The van der Waals surface area contributed by atoms with Crippen LogP contribution in [-0.2, 0) is 17.1 Å². The molecule has 1 aliphatic heterocycles. The summed E-state index contributed by atoms with van der Waals surface area (Å²) in [7, 11) is -2.09. The van der Waals surface area contributed by atoms with E-state index in [4.69, 9.17) is 0 Å². The van der Waals surface area contributed by atoms with Gasteiger partial charge in [-0.15, -0.1) is 0 Å². The van der Waals surface area contributed by atoms with Crippen molar-refractivity contribution in [2.75, 3.05) is 19.6 Å². The van der Waals surface area contributed by atoms with Crippen LogP contribution in [-0.4, -0.2) is 64.0 Å². The zero-order valence-electron chi connectivity index (χ0n) is 16.3. The van der Waals surface area contributed by atoms with Crippen molar-refractivity contribution < 1.29 is 18.3 Å². The Bertz CT molecular complexity index is 926. The largest absolute Gasteiger partial charge is 0.465 e. The number of rotatable bonds is 6. The average molecular weight is 407 g/mol. The fourth-order valence-electron chi connectivity index (χ4n) is 3.69. The van der Waals surface area contributed by atoms with E-state index in [2.05, 4.69) is 4.98 Å². The summed E-state index contributed by atoms with van der Waals surface area (Å²) in [5.41, 5.74) is 0.932. The molecule has 2 aromatic rings. The predicted molar refractivity (Wildman–Crippen MR) is 105 cm³/mol. The highest BCUT2D eigenvalue weighted by Gasteiger charge is 2.44. The molecule has 1 saturated heterocycles. The van der Waals surface area contributed by atoms with Crippen LogP contribution in [0.1, 0.15) is 25.3 Å². The highest BCUT2D eigenvalue weighted by Crippen LogP contribution is 2.34. The number of sulfonamides is 1. The molecule has 1 amide bonds. The highest BCUT2D eigenvalue weighted by molar-refractivity contribution is 7.89. The number of nitrogens with zero attached hydrogens (tertiary/aromatic N) is 4. The van der Waals surface area contributed by atoms with Crippen LogP contribution in [0.5, 0.6) is 0 Å². The molecule has 0 saturated carbocycles. The summed E-state index contributed by atoms with van der Waals surface area (Å²) in [6.45, 7) is 4.57. The van der Waals surface area contributed by atoms with E-state index in [9.17, 15) is 18.3 Å². The van der Waals surface area contributed by atoms with E-state index in [0.717, 1.165) is 5.56 Å². The minimum absolute atomic E-state index is 0.0202. The maximum atomic E-state index is 13.1. The predicted octanol–water partition coefficient (Wildman–Crippen LogP) is 2.21. The Morgan fingerprint density at radius 3 is 2.50 bits per heavy atom. The Hall–Kier alpha value is -2.39. The summed E-state index contributed by atoms with van der Waals surface area (Å²) in [4.78, 5) is 17.3. The molecule has 152 valence electrons. The van der Waals surface area contributed by atoms with Crippen molar-refractivity contribution in [2.24, 2.45) is 13.0 Å². The zero-order valence-corrected chi connectivity index (χ0v) is 17.1. The molecular weight excluding hydrogens is 380 g/mol. The third kappa shape index (κ3) is 4.05. The Kier molecular flexibility index (Phi) is 5.76. The quantitative estimate of drug-likeness (QED) is 0.794. The van der Waals surface area contributed by atoms with E-state index in [1.54, 1.807) is 11.6 Å². The summed E-state index contributed by atoms with van der Waals surface area (Å²) >= 11 is 0. The summed E-state index contributed by atoms with van der Waals surface area (Å²) in [6.07, 6.45) is 1.87. The second kappa shape index (κ2) is 7.92. The SMILES string of the molecule is CC(C)CN(C(=O)O)[C@H]1CN(S(=O)(=O)c2cn(C)cn2)C[C@@H]1c1ccccc1. The van der Waals surface area contributed by atoms with E-state index in [1.807, 2.05) is 44.2 Å². The standard InChI is InChI=1S/C19H26N4O4S/c1-14(2)9-23(19(24)25)17-11-22(10-16(17)15-7-5-4-6-8-15)28(26,27)18-12-21(3)13-20-18/h4-8,12-14,16-17H,9-11H2,1-3H3,(H,24,25)/t16-,17+/m1/s1. The molecule has 1 aromatic carbocycles. The van der Waals surface area contributed by atoms with Crippen molar-refractivity contribution in [1.29, 1.82) is 0 Å². The van der Waals surface area contributed by atoms with Crippen LogP contribution in [0.2, 0.25) is 0 Å². The van der Waals surface area contributed by atoms with E-state index in [-0.39, 0.29) is 30.0 Å². The maximum Gasteiger partial charge on any atom is 0.407 e. The van der Waals surface area contributed by atoms with Gasteiger partial charge in [-0.1, -0.05) is 44.2 Å². The number of carboxylic acid groups (broad SMARTS) is 1. The van der Waals surface area contributed by atoms with Crippen LogP contribution in [0.15, 0.2) is 47.9 Å². The summed E-state index contributed by atoms with van der Waals surface area (Å²) in [5, 5.41) is 9.78. The molecule has 28 heavy (non-hydrogen) atoms. The Labute approximate surface area is 165 Å². The molecule has 2 atom stereocenters. The fourth-order valence-corrected chi connectivity index (χ4v) is 5.14. The first-order valence-corrected chi connectivity index (χ1v) is 10.7. The molecule has 1 N–H and O–H groups in total. The minimum atomic E-state index is -3.80. The number of carbonyl (C=O) groups is 1. The van der Waals surface area contributed by atoms with Gasteiger partial charge in [-0.2, -0.15) is 4.31 Å². The van der Waals surface area contributed by atoms with E-state index >= 15 is 0 Å².